The Labute approximate surface area is 167 Å². The van der Waals surface area contributed by atoms with Crippen LogP contribution in [-0.4, -0.2) is 20.7 Å². The lowest BCUT2D eigenvalue weighted by atomic mass is 10.1. The van der Waals surface area contributed by atoms with Gasteiger partial charge in [0.1, 0.15) is 11.1 Å². The Bertz CT molecular complexity index is 1270. The SMILES string of the molecule is Cc1cc(C)n(-c2ccc(CNC(=O)c3c(C)c4ccccc4oc3=O)cn2)n1. The molecule has 1 amide bonds. The first-order valence-electron chi connectivity index (χ1n) is 9.23. The van der Waals surface area contributed by atoms with Crippen molar-refractivity contribution in [3.05, 3.63) is 87.2 Å². The van der Waals surface area contributed by atoms with Gasteiger partial charge in [0.25, 0.3) is 5.91 Å². The molecule has 0 radical (unpaired) electrons. The number of nitrogens with one attached hydrogen (secondary N) is 1. The van der Waals surface area contributed by atoms with E-state index in [9.17, 15) is 9.59 Å². The van der Waals surface area contributed by atoms with Gasteiger partial charge in [0.05, 0.1) is 5.69 Å². The number of aryl methyl sites for hydroxylation is 3. The second-order valence-corrected chi connectivity index (χ2v) is 6.93. The number of carbonyl (C=O) groups excluding carboxylic acids is 1. The second-order valence-electron chi connectivity index (χ2n) is 6.93. The van der Waals surface area contributed by atoms with Crippen LogP contribution in [0.25, 0.3) is 16.8 Å². The van der Waals surface area contributed by atoms with Gasteiger partial charge < -0.3 is 9.73 Å². The molecule has 0 fully saturated rings. The fraction of sp³-hybridized carbons (Fsp3) is 0.182. The van der Waals surface area contributed by atoms with Gasteiger partial charge in [-0.25, -0.2) is 14.5 Å². The van der Waals surface area contributed by atoms with E-state index >= 15 is 0 Å². The number of nitrogens with zero attached hydrogens (tertiary/aromatic N) is 3. The van der Waals surface area contributed by atoms with E-state index in [0.717, 1.165) is 22.3 Å². The number of carbonyl (C=O) groups is 1. The second kappa shape index (κ2) is 7.35. The number of amides is 1. The molecule has 0 aliphatic carbocycles. The zero-order valence-electron chi connectivity index (χ0n) is 16.4. The summed E-state index contributed by atoms with van der Waals surface area (Å²) in [5, 5.41) is 7.93. The molecular weight excluding hydrogens is 368 g/mol. The van der Waals surface area contributed by atoms with Crippen molar-refractivity contribution in [3.63, 3.8) is 0 Å². The molecule has 146 valence electrons. The van der Waals surface area contributed by atoms with Crippen molar-refractivity contribution in [3.8, 4) is 5.82 Å². The maximum Gasteiger partial charge on any atom is 0.349 e. The van der Waals surface area contributed by atoms with Crippen LogP contribution in [0, 0.1) is 20.8 Å². The van der Waals surface area contributed by atoms with Crippen LogP contribution in [0.3, 0.4) is 0 Å². The number of fused-ring (bicyclic) bond motifs is 1. The highest BCUT2D eigenvalue weighted by Crippen LogP contribution is 2.19. The molecule has 3 heterocycles. The zero-order valence-corrected chi connectivity index (χ0v) is 16.4. The number of pyridine rings is 1. The van der Waals surface area contributed by atoms with Crippen LogP contribution in [0.2, 0.25) is 0 Å². The smallest absolute Gasteiger partial charge is 0.349 e. The topological polar surface area (TPSA) is 90.0 Å². The molecule has 1 aromatic carbocycles. The molecule has 0 saturated heterocycles. The van der Waals surface area contributed by atoms with Crippen LogP contribution in [0.15, 0.2) is 57.9 Å². The Balaban J connectivity index is 1.52. The Morgan fingerprint density at radius 1 is 1.14 bits per heavy atom. The molecule has 0 aliphatic rings. The maximum atomic E-state index is 12.6. The summed E-state index contributed by atoms with van der Waals surface area (Å²) >= 11 is 0. The van der Waals surface area contributed by atoms with E-state index in [1.165, 1.54) is 0 Å². The molecule has 29 heavy (non-hydrogen) atoms. The highest BCUT2D eigenvalue weighted by atomic mass is 16.4. The van der Waals surface area contributed by atoms with Crippen molar-refractivity contribution in [2.45, 2.75) is 27.3 Å². The van der Waals surface area contributed by atoms with Crippen molar-refractivity contribution >= 4 is 16.9 Å². The lowest BCUT2D eigenvalue weighted by Crippen LogP contribution is -2.29. The summed E-state index contributed by atoms with van der Waals surface area (Å²) in [4.78, 5) is 29.3. The molecular formula is C22H20N4O3. The van der Waals surface area contributed by atoms with Crippen LogP contribution in [-0.2, 0) is 6.54 Å². The third-order valence-electron chi connectivity index (χ3n) is 4.79. The minimum Gasteiger partial charge on any atom is -0.422 e. The van der Waals surface area contributed by atoms with Crippen molar-refractivity contribution < 1.29 is 9.21 Å². The monoisotopic (exact) mass is 388 g/mol. The van der Waals surface area contributed by atoms with Crippen LogP contribution >= 0.6 is 0 Å². The van der Waals surface area contributed by atoms with E-state index in [4.69, 9.17) is 4.42 Å². The summed E-state index contributed by atoms with van der Waals surface area (Å²) < 4.78 is 7.05. The molecule has 0 atom stereocenters. The number of hydrogen-bond donors (Lipinski definition) is 1. The van der Waals surface area contributed by atoms with Gasteiger partial charge in [0.2, 0.25) is 0 Å². The molecule has 0 unspecified atom stereocenters. The van der Waals surface area contributed by atoms with E-state index in [0.29, 0.717) is 17.0 Å². The van der Waals surface area contributed by atoms with Crippen molar-refractivity contribution in [1.82, 2.24) is 20.1 Å². The first-order valence-corrected chi connectivity index (χ1v) is 9.23. The lowest BCUT2D eigenvalue weighted by molar-refractivity contribution is 0.0946. The highest BCUT2D eigenvalue weighted by Gasteiger charge is 2.18. The van der Waals surface area contributed by atoms with Crippen molar-refractivity contribution in [1.29, 1.82) is 0 Å². The molecule has 7 heteroatoms. The van der Waals surface area contributed by atoms with E-state index < -0.39 is 11.5 Å². The predicted molar refractivity (Wildman–Crippen MR) is 109 cm³/mol. The van der Waals surface area contributed by atoms with Gasteiger partial charge in [0, 0.05) is 23.8 Å². The van der Waals surface area contributed by atoms with Gasteiger partial charge in [-0.05, 0) is 50.1 Å². The maximum absolute atomic E-state index is 12.6. The average molecular weight is 388 g/mol. The quantitative estimate of drug-likeness (QED) is 0.542. The van der Waals surface area contributed by atoms with Gasteiger partial charge >= 0.3 is 5.63 Å². The molecule has 4 aromatic rings. The zero-order chi connectivity index (χ0) is 20.5. The number of para-hydroxylation sites is 1. The van der Waals surface area contributed by atoms with Crippen LogP contribution < -0.4 is 10.9 Å². The fourth-order valence-electron chi connectivity index (χ4n) is 3.35. The highest BCUT2D eigenvalue weighted by molar-refractivity contribution is 5.99. The van der Waals surface area contributed by atoms with E-state index in [1.807, 2.05) is 44.2 Å². The average Bonchev–Trinajstić information content (AvgIpc) is 3.05. The largest absolute Gasteiger partial charge is 0.422 e. The Morgan fingerprint density at radius 3 is 2.62 bits per heavy atom. The Kier molecular flexibility index (Phi) is 4.72. The van der Waals surface area contributed by atoms with Crippen LogP contribution in [0.4, 0.5) is 0 Å². The summed E-state index contributed by atoms with van der Waals surface area (Å²) in [5.74, 6) is 0.237. The summed E-state index contributed by atoms with van der Waals surface area (Å²) in [6.45, 7) is 5.89. The molecule has 0 saturated carbocycles. The first-order chi connectivity index (χ1) is 13.9. The summed E-state index contributed by atoms with van der Waals surface area (Å²) in [7, 11) is 0. The van der Waals surface area contributed by atoms with Crippen LogP contribution in [0.5, 0.6) is 0 Å². The molecule has 0 bridgehead atoms. The summed E-state index contributed by atoms with van der Waals surface area (Å²) in [6.07, 6.45) is 1.68. The summed E-state index contributed by atoms with van der Waals surface area (Å²) in [6, 6.07) is 12.9. The fourth-order valence-corrected chi connectivity index (χ4v) is 3.35. The van der Waals surface area contributed by atoms with Gasteiger partial charge in [-0.3, -0.25) is 4.79 Å². The third kappa shape index (κ3) is 3.54. The van der Waals surface area contributed by atoms with E-state index in [1.54, 1.807) is 29.9 Å². The number of hydrogen-bond acceptors (Lipinski definition) is 5. The van der Waals surface area contributed by atoms with Crippen LogP contribution in [0.1, 0.15) is 32.9 Å². The third-order valence-corrected chi connectivity index (χ3v) is 4.79. The van der Waals surface area contributed by atoms with E-state index in [2.05, 4.69) is 15.4 Å². The number of rotatable bonds is 4. The number of aromatic nitrogens is 3. The van der Waals surface area contributed by atoms with Crippen molar-refractivity contribution in [2.24, 2.45) is 0 Å². The predicted octanol–water partition coefficient (Wildman–Crippen LogP) is 3.23. The molecule has 7 nitrogen and oxygen atoms in total. The Morgan fingerprint density at radius 2 is 1.93 bits per heavy atom. The van der Waals surface area contributed by atoms with Gasteiger partial charge in [0.15, 0.2) is 5.82 Å². The molecule has 0 spiro atoms. The van der Waals surface area contributed by atoms with Gasteiger partial charge in [-0.2, -0.15) is 5.10 Å². The van der Waals surface area contributed by atoms with Gasteiger partial charge in [-0.15, -0.1) is 0 Å². The van der Waals surface area contributed by atoms with E-state index in [-0.39, 0.29) is 12.1 Å². The lowest BCUT2D eigenvalue weighted by Gasteiger charge is -2.09. The molecule has 4 rings (SSSR count). The number of benzene rings is 1. The molecule has 0 aliphatic heterocycles. The van der Waals surface area contributed by atoms with Crippen molar-refractivity contribution in [2.75, 3.05) is 0 Å². The standard InChI is InChI=1S/C22H20N4O3/c1-13-10-14(2)26(25-13)19-9-8-16(11-23-19)12-24-21(27)20-15(3)17-6-4-5-7-18(17)29-22(20)28/h4-11H,12H2,1-3H3,(H,24,27). The first kappa shape index (κ1) is 18.6. The summed E-state index contributed by atoms with van der Waals surface area (Å²) in [5.41, 5.74) is 3.18. The molecule has 1 N–H and O–H groups in total. The normalized spacial score (nSPS) is 11.0. The minimum atomic E-state index is -0.642. The van der Waals surface area contributed by atoms with Gasteiger partial charge in [-0.1, -0.05) is 24.3 Å². The minimum absolute atomic E-state index is 0.0240. The molecule has 3 aromatic heterocycles. The Hall–Kier alpha value is -3.74.